The van der Waals surface area contributed by atoms with Crippen molar-refractivity contribution < 1.29 is 9.59 Å². The lowest BCUT2D eigenvalue weighted by Crippen LogP contribution is -2.44. The van der Waals surface area contributed by atoms with Crippen molar-refractivity contribution in [3.63, 3.8) is 0 Å². The number of likely N-dealkylation sites (N-methyl/N-ethyl adjacent to an activating group) is 1. The molecular weight excluding hydrogens is 342 g/mol. The first-order valence-corrected chi connectivity index (χ1v) is 9.19. The zero-order valence-corrected chi connectivity index (χ0v) is 15.3. The van der Waals surface area contributed by atoms with E-state index >= 15 is 0 Å². The molecule has 2 amide bonds. The van der Waals surface area contributed by atoms with E-state index in [1.54, 1.807) is 6.20 Å². The highest BCUT2D eigenvalue weighted by Crippen LogP contribution is 2.32. The molecule has 1 aromatic carbocycles. The third-order valence-electron chi connectivity index (χ3n) is 5.16. The van der Waals surface area contributed by atoms with Crippen LogP contribution in [-0.4, -0.2) is 54.9 Å². The maximum absolute atomic E-state index is 12.8. The lowest BCUT2D eigenvalue weighted by molar-refractivity contribution is -0.123. The molecule has 1 atom stereocenters. The van der Waals surface area contributed by atoms with Gasteiger partial charge >= 0.3 is 0 Å². The van der Waals surface area contributed by atoms with Crippen molar-refractivity contribution in [3.05, 3.63) is 48.2 Å². The molecule has 3 heterocycles. The van der Waals surface area contributed by atoms with Gasteiger partial charge in [0.1, 0.15) is 5.82 Å². The van der Waals surface area contributed by atoms with Crippen molar-refractivity contribution in [2.75, 3.05) is 48.8 Å². The van der Waals surface area contributed by atoms with E-state index < -0.39 is 5.92 Å². The zero-order chi connectivity index (χ0) is 18.8. The maximum atomic E-state index is 12.8. The number of hydrogen-bond acceptors (Lipinski definition) is 5. The Bertz CT molecular complexity index is 844. The fourth-order valence-corrected chi connectivity index (χ4v) is 3.56. The Morgan fingerprint density at radius 1 is 1.15 bits per heavy atom. The molecule has 7 heteroatoms. The molecule has 2 N–H and O–H groups in total. The van der Waals surface area contributed by atoms with Gasteiger partial charge in [0.15, 0.2) is 0 Å². The molecule has 2 aliphatic heterocycles. The van der Waals surface area contributed by atoms with Gasteiger partial charge in [0.2, 0.25) is 11.8 Å². The normalized spacial score (nSPS) is 20.0. The van der Waals surface area contributed by atoms with Crippen LogP contribution < -0.4 is 15.5 Å². The summed E-state index contributed by atoms with van der Waals surface area (Å²) in [6, 6.07) is 11.2. The van der Waals surface area contributed by atoms with Crippen LogP contribution in [0.25, 0.3) is 0 Å². The number of amides is 2. The number of para-hydroxylation sites is 1. The number of nitrogens with one attached hydrogen (secondary N) is 2. The minimum atomic E-state index is -0.493. The number of aromatic nitrogens is 1. The van der Waals surface area contributed by atoms with Gasteiger partial charge in [-0.05, 0) is 30.8 Å². The summed E-state index contributed by atoms with van der Waals surface area (Å²) >= 11 is 0. The van der Waals surface area contributed by atoms with E-state index in [2.05, 4.69) is 32.5 Å². The summed E-state index contributed by atoms with van der Waals surface area (Å²) < 4.78 is 0. The van der Waals surface area contributed by atoms with Crippen LogP contribution in [0.4, 0.5) is 17.2 Å². The molecule has 0 aliphatic carbocycles. The Labute approximate surface area is 158 Å². The SMILES string of the molecule is CN1CCN(c2ccc(NC(=O)C3CC(=O)Nc4ccccc43)cn2)CC1. The Balaban J connectivity index is 1.45. The Hall–Kier alpha value is -2.93. The monoisotopic (exact) mass is 365 g/mol. The van der Waals surface area contributed by atoms with Crippen LogP contribution in [-0.2, 0) is 9.59 Å². The fraction of sp³-hybridized carbons (Fsp3) is 0.350. The van der Waals surface area contributed by atoms with Gasteiger partial charge in [-0.1, -0.05) is 18.2 Å². The Morgan fingerprint density at radius 3 is 2.67 bits per heavy atom. The maximum Gasteiger partial charge on any atom is 0.232 e. The summed E-state index contributed by atoms with van der Waals surface area (Å²) in [6.45, 7) is 3.93. The van der Waals surface area contributed by atoms with Gasteiger partial charge in [0.25, 0.3) is 0 Å². The second-order valence-corrected chi connectivity index (χ2v) is 7.08. The summed E-state index contributed by atoms with van der Waals surface area (Å²) in [6.07, 6.45) is 1.83. The third-order valence-corrected chi connectivity index (χ3v) is 5.16. The standard InChI is InChI=1S/C20H23N5O2/c1-24-8-10-25(11-9-24)18-7-6-14(13-21-18)22-20(27)16-12-19(26)23-17-5-3-2-4-15(16)17/h2-7,13,16H,8-12H2,1H3,(H,22,27)(H,23,26). The van der Waals surface area contributed by atoms with E-state index in [-0.39, 0.29) is 18.2 Å². The highest BCUT2D eigenvalue weighted by molar-refractivity contribution is 6.05. The summed E-state index contributed by atoms with van der Waals surface area (Å²) in [7, 11) is 2.12. The van der Waals surface area contributed by atoms with Crippen molar-refractivity contribution in [1.82, 2.24) is 9.88 Å². The molecule has 0 bridgehead atoms. The van der Waals surface area contributed by atoms with Crippen LogP contribution in [0.3, 0.4) is 0 Å². The van der Waals surface area contributed by atoms with E-state index in [1.165, 1.54) is 0 Å². The van der Waals surface area contributed by atoms with Gasteiger partial charge < -0.3 is 20.4 Å². The number of carbonyl (C=O) groups is 2. The highest BCUT2D eigenvalue weighted by atomic mass is 16.2. The molecule has 1 saturated heterocycles. The molecule has 7 nitrogen and oxygen atoms in total. The first kappa shape index (κ1) is 17.5. The van der Waals surface area contributed by atoms with E-state index in [0.717, 1.165) is 37.6 Å². The molecule has 4 rings (SSSR count). The minimum Gasteiger partial charge on any atom is -0.354 e. The van der Waals surface area contributed by atoms with Gasteiger partial charge in [-0.3, -0.25) is 9.59 Å². The van der Waals surface area contributed by atoms with Crippen molar-refractivity contribution in [2.45, 2.75) is 12.3 Å². The number of benzene rings is 1. The second-order valence-electron chi connectivity index (χ2n) is 7.08. The number of piperazine rings is 1. The number of nitrogens with zero attached hydrogens (tertiary/aromatic N) is 3. The summed E-state index contributed by atoms with van der Waals surface area (Å²) in [4.78, 5) is 33.7. The predicted molar refractivity (Wildman–Crippen MR) is 105 cm³/mol. The Kier molecular flexibility index (Phi) is 4.77. The van der Waals surface area contributed by atoms with Crippen LogP contribution in [0.1, 0.15) is 17.9 Å². The third kappa shape index (κ3) is 3.78. The van der Waals surface area contributed by atoms with Crippen LogP contribution in [0.5, 0.6) is 0 Å². The summed E-state index contributed by atoms with van der Waals surface area (Å²) in [5, 5.41) is 5.72. The van der Waals surface area contributed by atoms with Gasteiger partial charge in [-0.25, -0.2) is 4.98 Å². The summed E-state index contributed by atoms with van der Waals surface area (Å²) in [5.41, 5.74) is 2.19. The lowest BCUT2D eigenvalue weighted by Gasteiger charge is -2.33. The molecule has 1 unspecified atom stereocenters. The number of carbonyl (C=O) groups excluding carboxylic acids is 2. The number of pyridine rings is 1. The minimum absolute atomic E-state index is 0.141. The average molecular weight is 365 g/mol. The number of hydrogen-bond donors (Lipinski definition) is 2. The molecule has 0 radical (unpaired) electrons. The molecule has 0 spiro atoms. The van der Waals surface area contributed by atoms with E-state index in [9.17, 15) is 9.59 Å². The second kappa shape index (κ2) is 7.36. The molecule has 1 aromatic heterocycles. The molecule has 1 fully saturated rings. The van der Waals surface area contributed by atoms with Gasteiger partial charge in [0.05, 0.1) is 17.8 Å². The first-order valence-electron chi connectivity index (χ1n) is 9.19. The van der Waals surface area contributed by atoms with Crippen LogP contribution in [0.15, 0.2) is 42.6 Å². The van der Waals surface area contributed by atoms with Crippen LogP contribution in [0, 0.1) is 0 Å². The van der Waals surface area contributed by atoms with E-state index in [1.807, 2.05) is 36.4 Å². The number of anilines is 3. The van der Waals surface area contributed by atoms with Crippen molar-refractivity contribution in [2.24, 2.45) is 0 Å². The average Bonchev–Trinajstić information content (AvgIpc) is 2.68. The van der Waals surface area contributed by atoms with Crippen LogP contribution >= 0.6 is 0 Å². The zero-order valence-electron chi connectivity index (χ0n) is 15.3. The topological polar surface area (TPSA) is 77.6 Å². The smallest absolute Gasteiger partial charge is 0.232 e. The lowest BCUT2D eigenvalue weighted by atomic mass is 9.90. The number of rotatable bonds is 3. The molecule has 2 aliphatic rings. The fourth-order valence-electron chi connectivity index (χ4n) is 3.56. The van der Waals surface area contributed by atoms with Crippen LogP contribution in [0.2, 0.25) is 0 Å². The largest absolute Gasteiger partial charge is 0.354 e. The first-order chi connectivity index (χ1) is 13.1. The summed E-state index contributed by atoms with van der Waals surface area (Å²) in [5.74, 6) is 0.0968. The quantitative estimate of drug-likeness (QED) is 0.869. The van der Waals surface area contributed by atoms with Gasteiger partial charge in [-0.2, -0.15) is 0 Å². The molecular formula is C20H23N5O2. The van der Waals surface area contributed by atoms with Gasteiger partial charge in [0, 0.05) is 38.3 Å². The highest BCUT2D eigenvalue weighted by Gasteiger charge is 2.30. The van der Waals surface area contributed by atoms with Crippen molar-refractivity contribution >= 4 is 29.0 Å². The Morgan fingerprint density at radius 2 is 1.93 bits per heavy atom. The number of fused-ring (bicyclic) bond motifs is 1. The molecule has 0 saturated carbocycles. The molecule has 27 heavy (non-hydrogen) atoms. The predicted octanol–water partition coefficient (Wildman–Crippen LogP) is 1.90. The van der Waals surface area contributed by atoms with Gasteiger partial charge in [-0.15, -0.1) is 0 Å². The van der Waals surface area contributed by atoms with Crippen molar-refractivity contribution in [3.8, 4) is 0 Å². The molecule has 2 aromatic rings. The van der Waals surface area contributed by atoms with E-state index in [0.29, 0.717) is 11.4 Å². The van der Waals surface area contributed by atoms with E-state index in [4.69, 9.17) is 0 Å². The molecule has 140 valence electrons. The van der Waals surface area contributed by atoms with Crippen molar-refractivity contribution in [1.29, 1.82) is 0 Å².